The lowest BCUT2D eigenvalue weighted by Crippen LogP contribution is -2.36. The number of carbonyl (C=O) groups is 1. The molecular formula is C16H24N2O. The predicted octanol–water partition coefficient (Wildman–Crippen LogP) is 2.65. The molecule has 0 aliphatic carbocycles. The Labute approximate surface area is 115 Å². The highest BCUT2D eigenvalue weighted by Crippen LogP contribution is 2.24. The summed E-state index contributed by atoms with van der Waals surface area (Å²) in [5, 5.41) is 0. The molecule has 0 radical (unpaired) electrons. The van der Waals surface area contributed by atoms with Crippen LogP contribution in [0, 0.1) is 13.8 Å². The van der Waals surface area contributed by atoms with Gasteiger partial charge in [0.15, 0.2) is 0 Å². The fourth-order valence-corrected chi connectivity index (χ4v) is 2.88. The molecule has 1 saturated heterocycles. The number of benzene rings is 1. The van der Waals surface area contributed by atoms with Crippen molar-refractivity contribution >= 4 is 5.91 Å². The Morgan fingerprint density at radius 2 is 2.21 bits per heavy atom. The van der Waals surface area contributed by atoms with Gasteiger partial charge in [-0.2, -0.15) is 0 Å². The van der Waals surface area contributed by atoms with E-state index in [2.05, 4.69) is 11.0 Å². The molecule has 1 aromatic rings. The van der Waals surface area contributed by atoms with Gasteiger partial charge < -0.3 is 10.6 Å². The molecule has 1 aliphatic heterocycles. The minimum atomic E-state index is 0.195. The molecule has 1 atom stereocenters. The maximum atomic E-state index is 12.7. The first-order chi connectivity index (χ1) is 9.13. The molecule has 1 unspecified atom stereocenters. The van der Waals surface area contributed by atoms with Crippen LogP contribution >= 0.6 is 0 Å². The molecule has 3 nitrogen and oxygen atoms in total. The Morgan fingerprint density at radius 3 is 2.95 bits per heavy atom. The van der Waals surface area contributed by atoms with Gasteiger partial charge in [-0.25, -0.2) is 0 Å². The van der Waals surface area contributed by atoms with Gasteiger partial charge in [0.2, 0.25) is 0 Å². The Morgan fingerprint density at radius 1 is 1.42 bits per heavy atom. The van der Waals surface area contributed by atoms with E-state index in [-0.39, 0.29) is 5.91 Å². The molecular weight excluding hydrogens is 236 g/mol. The van der Waals surface area contributed by atoms with Gasteiger partial charge >= 0.3 is 0 Å². The van der Waals surface area contributed by atoms with Crippen molar-refractivity contribution in [1.29, 1.82) is 0 Å². The standard InChI is InChI=1S/C16H24N2O/c1-12-7-8-13(2)15(11-12)16(19)18-10-4-6-14(18)5-3-9-17/h7-8,11,14H,3-6,9-10,17H2,1-2H3. The number of nitrogens with zero attached hydrogens (tertiary/aromatic N) is 1. The molecule has 19 heavy (non-hydrogen) atoms. The van der Waals surface area contributed by atoms with Crippen LogP contribution in [-0.2, 0) is 0 Å². The van der Waals surface area contributed by atoms with Crippen molar-refractivity contribution in [2.24, 2.45) is 5.73 Å². The molecule has 1 amide bonds. The van der Waals surface area contributed by atoms with Crippen LogP contribution in [0.1, 0.15) is 47.2 Å². The molecule has 1 aliphatic rings. The predicted molar refractivity (Wildman–Crippen MR) is 78.3 cm³/mol. The van der Waals surface area contributed by atoms with E-state index in [1.807, 2.05) is 26.0 Å². The number of likely N-dealkylation sites (tertiary alicyclic amines) is 1. The minimum Gasteiger partial charge on any atom is -0.336 e. The number of aryl methyl sites for hydroxylation is 2. The van der Waals surface area contributed by atoms with Crippen LogP contribution in [0.5, 0.6) is 0 Å². The summed E-state index contributed by atoms with van der Waals surface area (Å²) in [6.07, 6.45) is 4.27. The van der Waals surface area contributed by atoms with Gasteiger partial charge in [-0.05, 0) is 57.7 Å². The summed E-state index contributed by atoms with van der Waals surface area (Å²) in [7, 11) is 0. The van der Waals surface area contributed by atoms with Crippen LogP contribution < -0.4 is 5.73 Å². The first kappa shape index (κ1) is 14.1. The van der Waals surface area contributed by atoms with Crippen LogP contribution in [0.25, 0.3) is 0 Å². The summed E-state index contributed by atoms with van der Waals surface area (Å²) >= 11 is 0. The molecule has 3 heteroatoms. The normalized spacial score (nSPS) is 18.9. The van der Waals surface area contributed by atoms with Gasteiger partial charge in [-0.1, -0.05) is 17.7 Å². The van der Waals surface area contributed by atoms with Crippen molar-refractivity contribution in [3.8, 4) is 0 Å². The highest BCUT2D eigenvalue weighted by atomic mass is 16.2. The van der Waals surface area contributed by atoms with Gasteiger partial charge in [0, 0.05) is 18.2 Å². The lowest BCUT2D eigenvalue weighted by molar-refractivity contribution is 0.0728. The average molecular weight is 260 g/mol. The Hall–Kier alpha value is -1.35. The second kappa shape index (κ2) is 6.20. The summed E-state index contributed by atoms with van der Waals surface area (Å²) in [6.45, 7) is 5.65. The second-order valence-corrected chi connectivity index (χ2v) is 5.54. The summed E-state index contributed by atoms with van der Waals surface area (Å²) in [4.78, 5) is 14.7. The number of carbonyl (C=O) groups excluding carboxylic acids is 1. The number of hydrogen-bond donors (Lipinski definition) is 1. The smallest absolute Gasteiger partial charge is 0.254 e. The highest BCUT2D eigenvalue weighted by Gasteiger charge is 2.29. The van der Waals surface area contributed by atoms with Crippen LogP contribution in [0.2, 0.25) is 0 Å². The average Bonchev–Trinajstić information content (AvgIpc) is 2.86. The van der Waals surface area contributed by atoms with Crippen LogP contribution in [0.3, 0.4) is 0 Å². The van der Waals surface area contributed by atoms with Gasteiger partial charge in [0.05, 0.1) is 0 Å². The molecule has 2 rings (SSSR count). The van der Waals surface area contributed by atoms with E-state index < -0.39 is 0 Å². The maximum Gasteiger partial charge on any atom is 0.254 e. The van der Waals surface area contributed by atoms with E-state index in [4.69, 9.17) is 5.73 Å². The molecule has 1 aromatic carbocycles. The maximum absolute atomic E-state index is 12.7. The molecule has 2 N–H and O–H groups in total. The Balaban J connectivity index is 2.16. The summed E-state index contributed by atoms with van der Waals surface area (Å²) in [5.74, 6) is 0.195. The van der Waals surface area contributed by atoms with Crippen molar-refractivity contribution in [2.45, 2.75) is 45.6 Å². The number of amides is 1. The topological polar surface area (TPSA) is 46.3 Å². The van der Waals surface area contributed by atoms with Gasteiger partial charge in [0.25, 0.3) is 5.91 Å². The molecule has 0 aromatic heterocycles. The van der Waals surface area contributed by atoms with E-state index in [1.54, 1.807) is 0 Å². The third-order valence-corrected chi connectivity index (χ3v) is 4.00. The van der Waals surface area contributed by atoms with Crippen molar-refractivity contribution in [3.63, 3.8) is 0 Å². The summed E-state index contributed by atoms with van der Waals surface area (Å²) < 4.78 is 0. The highest BCUT2D eigenvalue weighted by molar-refractivity contribution is 5.96. The largest absolute Gasteiger partial charge is 0.336 e. The molecule has 1 fully saturated rings. The van der Waals surface area contributed by atoms with Crippen molar-refractivity contribution in [2.75, 3.05) is 13.1 Å². The second-order valence-electron chi connectivity index (χ2n) is 5.54. The first-order valence-electron chi connectivity index (χ1n) is 7.21. The SMILES string of the molecule is Cc1ccc(C)c(C(=O)N2CCCC2CCCN)c1. The number of nitrogens with two attached hydrogens (primary N) is 1. The third-order valence-electron chi connectivity index (χ3n) is 4.00. The van der Waals surface area contributed by atoms with Crippen LogP contribution in [0.15, 0.2) is 18.2 Å². The van der Waals surface area contributed by atoms with E-state index >= 15 is 0 Å². The van der Waals surface area contributed by atoms with Crippen LogP contribution in [0.4, 0.5) is 0 Å². The van der Waals surface area contributed by atoms with Gasteiger partial charge in [0.1, 0.15) is 0 Å². The molecule has 1 heterocycles. The molecule has 104 valence electrons. The lowest BCUT2D eigenvalue weighted by Gasteiger charge is -2.25. The molecule has 0 saturated carbocycles. The number of hydrogen-bond acceptors (Lipinski definition) is 2. The van der Waals surface area contributed by atoms with Gasteiger partial charge in [-0.3, -0.25) is 4.79 Å². The summed E-state index contributed by atoms with van der Waals surface area (Å²) in [6, 6.07) is 6.49. The zero-order valence-corrected chi connectivity index (χ0v) is 12.0. The Kier molecular flexibility index (Phi) is 4.59. The fraction of sp³-hybridized carbons (Fsp3) is 0.562. The monoisotopic (exact) mass is 260 g/mol. The third kappa shape index (κ3) is 3.16. The van der Waals surface area contributed by atoms with Crippen molar-refractivity contribution in [3.05, 3.63) is 34.9 Å². The van der Waals surface area contributed by atoms with Crippen LogP contribution in [-0.4, -0.2) is 29.9 Å². The summed E-state index contributed by atoms with van der Waals surface area (Å²) in [5.41, 5.74) is 8.66. The zero-order valence-electron chi connectivity index (χ0n) is 12.0. The lowest BCUT2D eigenvalue weighted by atomic mass is 10.0. The molecule has 0 bridgehead atoms. The minimum absolute atomic E-state index is 0.195. The first-order valence-corrected chi connectivity index (χ1v) is 7.21. The van der Waals surface area contributed by atoms with E-state index in [1.165, 1.54) is 0 Å². The van der Waals surface area contributed by atoms with Crippen molar-refractivity contribution in [1.82, 2.24) is 4.90 Å². The van der Waals surface area contributed by atoms with E-state index in [0.717, 1.165) is 48.9 Å². The van der Waals surface area contributed by atoms with Crippen molar-refractivity contribution < 1.29 is 4.79 Å². The van der Waals surface area contributed by atoms with E-state index in [9.17, 15) is 4.79 Å². The Bertz CT molecular complexity index is 456. The number of rotatable bonds is 4. The molecule has 0 spiro atoms. The van der Waals surface area contributed by atoms with E-state index in [0.29, 0.717) is 12.6 Å². The van der Waals surface area contributed by atoms with Gasteiger partial charge in [-0.15, -0.1) is 0 Å². The quantitative estimate of drug-likeness (QED) is 0.904. The zero-order chi connectivity index (χ0) is 13.8. The fourth-order valence-electron chi connectivity index (χ4n) is 2.88.